The standard InChI is InChI=1S/C12H20BrClN2/c1-5-6-16-11(10(13)8-15-16)12(3,4)7-9(2)14/h8-9H,5-7H2,1-4H3. The van der Waals surface area contributed by atoms with E-state index in [0.29, 0.717) is 0 Å². The van der Waals surface area contributed by atoms with Crippen LogP contribution in [-0.4, -0.2) is 15.2 Å². The molecule has 0 saturated carbocycles. The number of hydrogen-bond acceptors (Lipinski definition) is 1. The van der Waals surface area contributed by atoms with Gasteiger partial charge in [-0.15, -0.1) is 11.6 Å². The van der Waals surface area contributed by atoms with E-state index in [2.05, 4.69) is 46.5 Å². The zero-order valence-electron chi connectivity index (χ0n) is 10.4. The summed E-state index contributed by atoms with van der Waals surface area (Å²) in [6, 6.07) is 0. The number of nitrogens with zero attached hydrogens (tertiary/aromatic N) is 2. The van der Waals surface area contributed by atoms with E-state index in [1.807, 2.05) is 13.1 Å². The van der Waals surface area contributed by atoms with Crippen molar-refractivity contribution in [3.05, 3.63) is 16.4 Å². The fourth-order valence-electron chi connectivity index (χ4n) is 2.22. The van der Waals surface area contributed by atoms with Gasteiger partial charge >= 0.3 is 0 Å². The van der Waals surface area contributed by atoms with Crippen molar-refractivity contribution in [3.8, 4) is 0 Å². The van der Waals surface area contributed by atoms with E-state index in [0.717, 1.165) is 23.9 Å². The lowest BCUT2D eigenvalue weighted by molar-refractivity contribution is 0.418. The smallest absolute Gasteiger partial charge is 0.0635 e. The van der Waals surface area contributed by atoms with Crippen LogP contribution in [0.5, 0.6) is 0 Å². The first-order chi connectivity index (χ1) is 7.38. The zero-order valence-corrected chi connectivity index (χ0v) is 12.8. The molecule has 16 heavy (non-hydrogen) atoms. The maximum absolute atomic E-state index is 6.12. The Labute approximate surface area is 111 Å². The van der Waals surface area contributed by atoms with Crippen LogP contribution in [0.25, 0.3) is 0 Å². The van der Waals surface area contributed by atoms with Crippen molar-refractivity contribution in [3.63, 3.8) is 0 Å². The summed E-state index contributed by atoms with van der Waals surface area (Å²) in [4.78, 5) is 0. The third kappa shape index (κ3) is 3.24. The summed E-state index contributed by atoms with van der Waals surface area (Å²) >= 11 is 9.70. The minimum Gasteiger partial charge on any atom is -0.268 e. The number of alkyl halides is 1. The highest BCUT2D eigenvalue weighted by Gasteiger charge is 2.28. The molecule has 1 unspecified atom stereocenters. The minimum absolute atomic E-state index is 0.0473. The molecule has 1 aromatic rings. The van der Waals surface area contributed by atoms with Gasteiger partial charge in [0, 0.05) is 17.3 Å². The molecule has 0 aliphatic carbocycles. The van der Waals surface area contributed by atoms with Gasteiger partial charge in [0.15, 0.2) is 0 Å². The molecule has 0 aliphatic heterocycles. The first-order valence-electron chi connectivity index (χ1n) is 5.74. The highest BCUT2D eigenvalue weighted by atomic mass is 79.9. The van der Waals surface area contributed by atoms with Gasteiger partial charge in [-0.3, -0.25) is 4.68 Å². The van der Waals surface area contributed by atoms with Crippen molar-refractivity contribution in [1.82, 2.24) is 9.78 Å². The van der Waals surface area contributed by atoms with Gasteiger partial charge in [-0.1, -0.05) is 20.8 Å². The van der Waals surface area contributed by atoms with Crippen LogP contribution in [0.2, 0.25) is 0 Å². The van der Waals surface area contributed by atoms with Crippen molar-refractivity contribution in [2.75, 3.05) is 0 Å². The molecule has 1 aromatic heterocycles. The summed E-state index contributed by atoms with van der Waals surface area (Å²) < 4.78 is 3.17. The highest BCUT2D eigenvalue weighted by Crippen LogP contribution is 2.34. The Balaban J connectivity index is 3.04. The largest absolute Gasteiger partial charge is 0.268 e. The number of rotatable bonds is 5. The van der Waals surface area contributed by atoms with Crippen LogP contribution in [-0.2, 0) is 12.0 Å². The number of aromatic nitrogens is 2. The Hall–Kier alpha value is -0.0200. The molecule has 0 bridgehead atoms. The molecule has 0 N–H and O–H groups in total. The average Bonchev–Trinajstić information content (AvgIpc) is 2.46. The molecular formula is C12H20BrClN2. The summed E-state index contributed by atoms with van der Waals surface area (Å²) in [6.45, 7) is 9.61. The molecule has 0 fully saturated rings. The lowest BCUT2D eigenvalue weighted by Crippen LogP contribution is -2.25. The maximum atomic E-state index is 6.12. The Morgan fingerprint density at radius 3 is 2.69 bits per heavy atom. The van der Waals surface area contributed by atoms with Crippen LogP contribution in [0.15, 0.2) is 10.7 Å². The Morgan fingerprint density at radius 1 is 1.56 bits per heavy atom. The SMILES string of the molecule is CCCn1ncc(Br)c1C(C)(C)CC(C)Cl. The second-order valence-electron chi connectivity index (χ2n) is 4.93. The molecular weight excluding hydrogens is 288 g/mol. The van der Waals surface area contributed by atoms with Gasteiger partial charge in [0.25, 0.3) is 0 Å². The molecule has 0 spiro atoms. The number of aryl methyl sites for hydroxylation is 1. The molecule has 0 aliphatic rings. The molecule has 2 nitrogen and oxygen atoms in total. The van der Waals surface area contributed by atoms with Gasteiger partial charge in [0.2, 0.25) is 0 Å². The Kier molecular flexibility index (Phi) is 4.87. The molecule has 1 atom stereocenters. The number of halogens is 2. The molecule has 92 valence electrons. The third-order valence-electron chi connectivity index (χ3n) is 2.66. The summed E-state index contributed by atoms with van der Waals surface area (Å²) in [6.07, 6.45) is 3.92. The highest BCUT2D eigenvalue weighted by molar-refractivity contribution is 9.10. The van der Waals surface area contributed by atoms with E-state index < -0.39 is 0 Å². The van der Waals surface area contributed by atoms with E-state index in [4.69, 9.17) is 11.6 Å². The molecule has 4 heteroatoms. The lowest BCUT2D eigenvalue weighted by atomic mass is 9.84. The normalized spacial score (nSPS) is 14.1. The van der Waals surface area contributed by atoms with Gasteiger partial charge in [-0.25, -0.2) is 0 Å². The van der Waals surface area contributed by atoms with Crippen molar-refractivity contribution in [2.24, 2.45) is 0 Å². The first kappa shape index (κ1) is 14.0. The molecule has 0 aromatic carbocycles. The lowest BCUT2D eigenvalue weighted by Gasteiger charge is -2.27. The average molecular weight is 308 g/mol. The van der Waals surface area contributed by atoms with Crippen molar-refractivity contribution >= 4 is 27.5 Å². The van der Waals surface area contributed by atoms with Crippen molar-refractivity contribution < 1.29 is 0 Å². The second kappa shape index (κ2) is 5.54. The van der Waals surface area contributed by atoms with Gasteiger partial charge in [-0.05, 0) is 35.7 Å². The summed E-state index contributed by atoms with van der Waals surface area (Å²) in [5, 5.41) is 4.58. The van der Waals surface area contributed by atoms with E-state index in [1.54, 1.807) is 0 Å². The molecule has 1 rings (SSSR count). The van der Waals surface area contributed by atoms with Crippen LogP contribution in [0.1, 0.15) is 46.2 Å². The van der Waals surface area contributed by atoms with Crippen LogP contribution in [0.4, 0.5) is 0 Å². The van der Waals surface area contributed by atoms with E-state index in [9.17, 15) is 0 Å². The van der Waals surface area contributed by atoms with Crippen molar-refractivity contribution in [2.45, 2.75) is 57.9 Å². The fourth-order valence-corrected chi connectivity index (χ4v) is 3.44. The Bertz CT molecular complexity index is 345. The van der Waals surface area contributed by atoms with Crippen LogP contribution in [0.3, 0.4) is 0 Å². The van der Waals surface area contributed by atoms with Crippen molar-refractivity contribution in [1.29, 1.82) is 0 Å². The van der Waals surface area contributed by atoms with Gasteiger partial charge in [0.1, 0.15) is 0 Å². The minimum atomic E-state index is 0.0473. The van der Waals surface area contributed by atoms with Gasteiger partial charge < -0.3 is 0 Å². The quantitative estimate of drug-likeness (QED) is 0.739. The molecule has 1 heterocycles. The monoisotopic (exact) mass is 306 g/mol. The summed E-state index contributed by atoms with van der Waals surface area (Å²) in [5.41, 5.74) is 1.30. The maximum Gasteiger partial charge on any atom is 0.0635 e. The van der Waals surface area contributed by atoms with Gasteiger partial charge in [-0.2, -0.15) is 5.10 Å². The summed E-state index contributed by atoms with van der Waals surface area (Å²) in [7, 11) is 0. The van der Waals surface area contributed by atoms with E-state index in [-0.39, 0.29) is 10.8 Å². The van der Waals surface area contributed by atoms with Crippen LogP contribution in [0, 0.1) is 0 Å². The van der Waals surface area contributed by atoms with E-state index in [1.165, 1.54) is 5.69 Å². The van der Waals surface area contributed by atoms with Crippen LogP contribution >= 0.6 is 27.5 Å². The third-order valence-corrected chi connectivity index (χ3v) is 3.40. The molecule has 0 saturated heterocycles. The van der Waals surface area contributed by atoms with Crippen LogP contribution < -0.4 is 0 Å². The zero-order chi connectivity index (χ0) is 12.3. The second-order valence-corrected chi connectivity index (χ2v) is 6.53. The topological polar surface area (TPSA) is 17.8 Å². The predicted octanol–water partition coefficient (Wildman–Crippen LogP) is 4.35. The van der Waals surface area contributed by atoms with Gasteiger partial charge in [0.05, 0.1) is 16.4 Å². The fraction of sp³-hybridized carbons (Fsp3) is 0.750. The Morgan fingerprint density at radius 2 is 2.19 bits per heavy atom. The summed E-state index contributed by atoms with van der Waals surface area (Å²) in [5.74, 6) is 0. The van der Waals surface area contributed by atoms with E-state index >= 15 is 0 Å². The number of hydrogen-bond donors (Lipinski definition) is 0. The first-order valence-corrected chi connectivity index (χ1v) is 6.97. The predicted molar refractivity (Wildman–Crippen MR) is 73.2 cm³/mol. The molecule has 0 amide bonds. The molecule has 0 radical (unpaired) electrons.